The summed E-state index contributed by atoms with van der Waals surface area (Å²) in [5.41, 5.74) is 10.4. The Balaban J connectivity index is 1.28. The minimum Gasteiger partial charge on any atom is -0.439 e. The molecule has 5 aromatic rings. The van der Waals surface area contributed by atoms with Crippen molar-refractivity contribution in [1.29, 1.82) is 0 Å². The van der Waals surface area contributed by atoms with Crippen molar-refractivity contribution in [2.45, 2.75) is 6.54 Å². The molecule has 31 heavy (non-hydrogen) atoms. The van der Waals surface area contributed by atoms with E-state index in [2.05, 4.69) is 15.3 Å². The van der Waals surface area contributed by atoms with Crippen LogP contribution < -0.4 is 15.8 Å². The third-order valence-corrected chi connectivity index (χ3v) is 5.36. The van der Waals surface area contributed by atoms with Crippen LogP contribution in [0.1, 0.15) is 5.56 Å². The van der Waals surface area contributed by atoms with Gasteiger partial charge in [-0.3, -0.25) is 0 Å². The molecule has 0 aliphatic carbocycles. The highest BCUT2D eigenvalue weighted by atomic mass is 35.5. The topological polar surface area (TPSA) is 78.0 Å². The predicted molar refractivity (Wildman–Crippen MR) is 126 cm³/mol. The van der Waals surface area contributed by atoms with Gasteiger partial charge in [0.1, 0.15) is 5.75 Å². The Morgan fingerprint density at radius 1 is 0.935 bits per heavy atom. The number of imidazole rings is 1. The van der Waals surface area contributed by atoms with Crippen LogP contribution in [0.2, 0.25) is 5.02 Å². The van der Waals surface area contributed by atoms with Crippen molar-refractivity contribution in [3.63, 3.8) is 0 Å². The van der Waals surface area contributed by atoms with Gasteiger partial charge in [0.05, 0.1) is 16.6 Å². The molecule has 2 heterocycles. The molecule has 0 bridgehead atoms. The Labute approximate surface area is 184 Å². The van der Waals surface area contributed by atoms with Crippen LogP contribution in [0.5, 0.6) is 11.6 Å². The Hall–Kier alpha value is -3.77. The van der Waals surface area contributed by atoms with Gasteiger partial charge in [-0.2, -0.15) is 0 Å². The van der Waals surface area contributed by atoms with Gasteiger partial charge < -0.3 is 20.4 Å². The van der Waals surface area contributed by atoms with Crippen molar-refractivity contribution >= 4 is 45.2 Å². The number of anilines is 2. The van der Waals surface area contributed by atoms with E-state index in [0.717, 1.165) is 44.9 Å². The average molecular weight is 430 g/mol. The van der Waals surface area contributed by atoms with Crippen molar-refractivity contribution in [3.8, 4) is 11.6 Å². The number of fused-ring (bicyclic) bond motifs is 2. The van der Waals surface area contributed by atoms with Gasteiger partial charge in [-0.05, 0) is 54.1 Å². The van der Waals surface area contributed by atoms with Crippen LogP contribution >= 0.6 is 11.6 Å². The fraction of sp³-hybridized carbons (Fsp3) is 0.0833. The number of rotatable bonds is 5. The van der Waals surface area contributed by atoms with Crippen molar-refractivity contribution in [1.82, 2.24) is 14.5 Å². The van der Waals surface area contributed by atoms with E-state index in [4.69, 9.17) is 22.1 Å². The first-order valence-corrected chi connectivity index (χ1v) is 10.2. The van der Waals surface area contributed by atoms with E-state index >= 15 is 0 Å². The summed E-state index contributed by atoms with van der Waals surface area (Å²) in [5, 5.41) is 5.05. The summed E-state index contributed by atoms with van der Waals surface area (Å²) in [7, 11) is 1.97. The van der Waals surface area contributed by atoms with Crippen molar-refractivity contribution in [2.24, 2.45) is 7.05 Å². The summed E-state index contributed by atoms with van der Waals surface area (Å²) >= 11 is 6.06. The lowest BCUT2D eigenvalue weighted by molar-refractivity contribution is 0.465. The molecule has 2 aromatic heterocycles. The summed E-state index contributed by atoms with van der Waals surface area (Å²) < 4.78 is 7.91. The number of aryl methyl sites for hydroxylation is 1. The van der Waals surface area contributed by atoms with Gasteiger partial charge in [0.2, 0.25) is 11.8 Å². The quantitative estimate of drug-likeness (QED) is 0.347. The zero-order valence-corrected chi connectivity index (χ0v) is 17.6. The molecule has 0 amide bonds. The largest absolute Gasteiger partial charge is 0.439 e. The molecule has 7 heteroatoms. The summed E-state index contributed by atoms with van der Waals surface area (Å²) in [6.45, 7) is 0.639. The van der Waals surface area contributed by atoms with Crippen LogP contribution in [0, 0.1) is 0 Å². The zero-order chi connectivity index (χ0) is 21.4. The molecule has 6 nitrogen and oxygen atoms in total. The standard InChI is InChI=1S/C24H20ClN5O/c1-30-22-13-18(26)7-10-20(22)29-24(30)27-14-15-2-8-19(9-3-15)31-23-11-5-16-4-6-17(25)12-21(16)28-23/h2-13H,14,26H2,1H3,(H,27,29). The second kappa shape index (κ2) is 7.81. The number of nitrogens with zero attached hydrogens (tertiary/aromatic N) is 3. The number of aromatic nitrogens is 3. The lowest BCUT2D eigenvalue weighted by atomic mass is 10.2. The minimum absolute atomic E-state index is 0.527. The Kier molecular flexibility index (Phi) is 4.84. The van der Waals surface area contributed by atoms with Gasteiger partial charge in [0, 0.05) is 35.8 Å². The molecule has 0 atom stereocenters. The molecule has 154 valence electrons. The molecule has 0 aliphatic heterocycles. The molecule has 0 saturated heterocycles. The lowest BCUT2D eigenvalue weighted by Crippen LogP contribution is -2.04. The molecular formula is C24H20ClN5O. The summed E-state index contributed by atoms with van der Waals surface area (Å²) in [6.07, 6.45) is 0. The van der Waals surface area contributed by atoms with Gasteiger partial charge in [-0.25, -0.2) is 9.97 Å². The minimum atomic E-state index is 0.527. The highest BCUT2D eigenvalue weighted by Crippen LogP contribution is 2.25. The molecule has 0 aliphatic rings. The number of ether oxygens (including phenoxy) is 1. The van der Waals surface area contributed by atoms with E-state index in [9.17, 15) is 0 Å². The molecular weight excluding hydrogens is 410 g/mol. The van der Waals surface area contributed by atoms with Crippen LogP contribution in [-0.2, 0) is 13.6 Å². The van der Waals surface area contributed by atoms with Crippen molar-refractivity contribution in [2.75, 3.05) is 11.1 Å². The molecule has 0 fully saturated rings. The van der Waals surface area contributed by atoms with E-state index in [1.807, 2.05) is 84.4 Å². The van der Waals surface area contributed by atoms with Gasteiger partial charge in [-0.15, -0.1) is 0 Å². The summed E-state index contributed by atoms with van der Waals surface area (Å²) in [6, 6.07) is 23.0. The number of pyridine rings is 1. The van der Waals surface area contributed by atoms with E-state index in [1.165, 1.54) is 0 Å². The highest BCUT2D eigenvalue weighted by molar-refractivity contribution is 6.31. The third-order valence-electron chi connectivity index (χ3n) is 5.13. The van der Waals surface area contributed by atoms with Crippen LogP contribution in [0.15, 0.2) is 72.8 Å². The molecule has 3 N–H and O–H groups in total. The number of nitrogens with one attached hydrogen (secondary N) is 1. The molecule has 0 saturated carbocycles. The first-order chi connectivity index (χ1) is 15.0. The maximum Gasteiger partial charge on any atom is 0.219 e. The fourth-order valence-electron chi connectivity index (χ4n) is 3.47. The Morgan fingerprint density at radius 2 is 1.74 bits per heavy atom. The van der Waals surface area contributed by atoms with Gasteiger partial charge in [0.25, 0.3) is 0 Å². The summed E-state index contributed by atoms with van der Waals surface area (Å²) in [4.78, 5) is 9.15. The first kappa shape index (κ1) is 19.2. The van der Waals surface area contributed by atoms with E-state index in [-0.39, 0.29) is 0 Å². The molecule has 5 rings (SSSR count). The van der Waals surface area contributed by atoms with Crippen molar-refractivity contribution < 1.29 is 4.74 Å². The highest BCUT2D eigenvalue weighted by Gasteiger charge is 2.08. The number of hydrogen-bond acceptors (Lipinski definition) is 5. The van der Waals surface area contributed by atoms with E-state index < -0.39 is 0 Å². The third kappa shape index (κ3) is 3.98. The maximum absolute atomic E-state index is 6.06. The Morgan fingerprint density at radius 3 is 2.58 bits per heavy atom. The van der Waals surface area contributed by atoms with Gasteiger partial charge in [0.15, 0.2) is 0 Å². The first-order valence-electron chi connectivity index (χ1n) is 9.84. The average Bonchev–Trinajstić information content (AvgIpc) is 3.08. The number of benzene rings is 3. The molecule has 3 aromatic carbocycles. The Bertz CT molecular complexity index is 1400. The fourth-order valence-corrected chi connectivity index (χ4v) is 3.64. The second-order valence-electron chi connectivity index (χ2n) is 7.33. The van der Waals surface area contributed by atoms with Crippen LogP contribution in [0.3, 0.4) is 0 Å². The number of nitrogens with two attached hydrogens (primary N) is 1. The van der Waals surface area contributed by atoms with Gasteiger partial charge in [-0.1, -0.05) is 29.8 Å². The number of nitrogen functional groups attached to an aromatic ring is 1. The van der Waals surface area contributed by atoms with E-state index in [0.29, 0.717) is 17.4 Å². The van der Waals surface area contributed by atoms with Gasteiger partial charge >= 0.3 is 0 Å². The molecule has 0 radical (unpaired) electrons. The lowest BCUT2D eigenvalue weighted by Gasteiger charge is -2.09. The molecule has 0 unspecified atom stereocenters. The number of halogens is 1. The van der Waals surface area contributed by atoms with Crippen LogP contribution in [0.4, 0.5) is 11.6 Å². The van der Waals surface area contributed by atoms with Crippen LogP contribution in [0.25, 0.3) is 21.9 Å². The smallest absolute Gasteiger partial charge is 0.219 e. The van der Waals surface area contributed by atoms with Crippen molar-refractivity contribution in [3.05, 3.63) is 83.4 Å². The zero-order valence-electron chi connectivity index (χ0n) is 16.8. The SMILES string of the molecule is Cn1c(NCc2ccc(Oc3ccc4ccc(Cl)cc4n3)cc2)nc2ccc(N)cc21. The molecule has 0 spiro atoms. The van der Waals surface area contributed by atoms with E-state index in [1.54, 1.807) is 0 Å². The number of hydrogen-bond donors (Lipinski definition) is 2. The second-order valence-corrected chi connectivity index (χ2v) is 7.77. The maximum atomic E-state index is 6.06. The normalized spacial score (nSPS) is 11.2. The monoisotopic (exact) mass is 429 g/mol. The van der Waals surface area contributed by atoms with Crippen LogP contribution in [-0.4, -0.2) is 14.5 Å². The predicted octanol–water partition coefficient (Wildman–Crippen LogP) is 5.76. The summed E-state index contributed by atoms with van der Waals surface area (Å²) in [5.74, 6) is 2.04.